The average molecular weight is 425 g/mol. The fourth-order valence-corrected chi connectivity index (χ4v) is 2.95. The van der Waals surface area contributed by atoms with Crippen molar-refractivity contribution in [1.29, 1.82) is 5.41 Å². The molecule has 0 radical (unpaired) electrons. The zero-order valence-corrected chi connectivity index (χ0v) is 16.6. The highest BCUT2D eigenvalue weighted by Crippen LogP contribution is 2.33. The lowest BCUT2D eigenvalue weighted by Gasteiger charge is -2.07. The minimum absolute atomic E-state index is 0.336. The van der Waals surface area contributed by atoms with Gasteiger partial charge in [-0.05, 0) is 42.8 Å². The first-order chi connectivity index (χ1) is 13.1. The molecule has 0 saturated carbocycles. The van der Waals surface area contributed by atoms with E-state index in [-0.39, 0.29) is 0 Å². The molecular formula is C20H21BrN6. The number of nitrogens with one attached hydrogen (secondary N) is 2. The highest BCUT2D eigenvalue weighted by Gasteiger charge is 2.07. The van der Waals surface area contributed by atoms with E-state index in [4.69, 9.17) is 11.1 Å². The van der Waals surface area contributed by atoms with Gasteiger partial charge in [0.1, 0.15) is 11.5 Å². The molecule has 0 aliphatic rings. The number of hydrogen-bond donors (Lipinski definition) is 3. The first-order valence-corrected chi connectivity index (χ1v) is 9.56. The molecule has 7 heteroatoms. The number of pyridine rings is 1. The second-order valence-corrected chi connectivity index (χ2v) is 7.04. The molecule has 0 aliphatic heterocycles. The van der Waals surface area contributed by atoms with Crippen LogP contribution in [0.4, 0.5) is 17.2 Å². The summed E-state index contributed by atoms with van der Waals surface area (Å²) in [5, 5.41) is 21.6. The number of nitrogens with two attached hydrogens (primary N) is 1. The molecule has 1 heterocycles. The Morgan fingerprint density at radius 3 is 2.70 bits per heavy atom. The van der Waals surface area contributed by atoms with Crippen LogP contribution in [-0.2, 0) is 0 Å². The fourth-order valence-electron chi connectivity index (χ4n) is 2.58. The van der Waals surface area contributed by atoms with Gasteiger partial charge in [0.25, 0.3) is 0 Å². The number of amidine groups is 1. The summed E-state index contributed by atoms with van der Waals surface area (Å²) in [7, 11) is 0. The molecular weight excluding hydrogens is 404 g/mol. The summed E-state index contributed by atoms with van der Waals surface area (Å²) in [6, 6.07) is 13.2. The van der Waals surface area contributed by atoms with Crippen LogP contribution >= 0.6 is 15.9 Å². The predicted octanol–water partition coefficient (Wildman–Crippen LogP) is 5.71. The Balaban J connectivity index is 1.80. The van der Waals surface area contributed by atoms with Gasteiger partial charge in [-0.15, -0.1) is 5.11 Å². The number of nitrogens with zero attached hydrogens (tertiary/aromatic N) is 3. The van der Waals surface area contributed by atoms with Crippen LogP contribution in [0.2, 0.25) is 0 Å². The Hall–Kier alpha value is -2.80. The van der Waals surface area contributed by atoms with Crippen molar-refractivity contribution in [2.24, 2.45) is 10.2 Å². The minimum atomic E-state index is 0.336. The van der Waals surface area contributed by atoms with E-state index in [1.165, 1.54) is 0 Å². The van der Waals surface area contributed by atoms with Crippen LogP contribution in [0.3, 0.4) is 0 Å². The molecule has 0 fully saturated rings. The number of hydrogen-bond acceptors (Lipinski definition) is 5. The Morgan fingerprint density at radius 1 is 1.19 bits per heavy atom. The van der Waals surface area contributed by atoms with E-state index in [1.54, 1.807) is 6.20 Å². The second-order valence-electron chi connectivity index (χ2n) is 6.13. The van der Waals surface area contributed by atoms with Gasteiger partial charge in [0.05, 0.1) is 5.69 Å². The zero-order chi connectivity index (χ0) is 19.2. The van der Waals surface area contributed by atoms with Gasteiger partial charge in [-0.2, -0.15) is 5.11 Å². The van der Waals surface area contributed by atoms with E-state index in [9.17, 15) is 0 Å². The molecule has 3 rings (SSSR count). The monoisotopic (exact) mass is 424 g/mol. The first-order valence-electron chi connectivity index (χ1n) is 8.77. The van der Waals surface area contributed by atoms with Crippen molar-refractivity contribution in [3.8, 4) is 0 Å². The molecule has 0 saturated heterocycles. The van der Waals surface area contributed by atoms with Gasteiger partial charge in [0.2, 0.25) is 0 Å². The summed E-state index contributed by atoms with van der Waals surface area (Å²) in [6.45, 7) is 2.93. The number of aromatic nitrogens is 1. The van der Waals surface area contributed by atoms with Gasteiger partial charge in [0.15, 0.2) is 5.82 Å². The summed E-state index contributed by atoms with van der Waals surface area (Å²) in [5.41, 5.74) is 8.06. The van der Waals surface area contributed by atoms with Crippen molar-refractivity contribution in [1.82, 2.24) is 10.3 Å². The molecule has 3 aromatic rings. The van der Waals surface area contributed by atoms with E-state index < -0.39 is 0 Å². The van der Waals surface area contributed by atoms with Crippen molar-refractivity contribution in [3.05, 3.63) is 58.7 Å². The lowest BCUT2D eigenvalue weighted by molar-refractivity contribution is 0.753. The molecule has 0 unspecified atom stereocenters. The third kappa shape index (κ3) is 4.68. The molecule has 27 heavy (non-hydrogen) atoms. The van der Waals surface area contributed by atoms with Crippen LogP contribution in [0.1, 0.15) is 25.3 Å². The van der Waals surface area contributed by atoms with E-state index >= 15 is 0 Å². The largest absolute Gasteiger partial charge is 0.382 e. The van der Waals surface area contributed by atoms with Gasteiger partial charge in [0, 0.05) is 33.6 Å². The lowest BCUT2D eigenvalue weighted by atomic mass is 10.1. The highest BCUT2D eigenvalue weighted by atomic mass is 79.9. The van der Waals surface area contributed by atoms with Gasteiger partial charge in [-0.3, -0.25) is 5.41 Å². The fraction of sp³-hybridized carbons (Fsp3) is 0.200. The normalized spacial score (nSPS) is 11.2. The molecule has 0 aliphatic carbocycles. The Bertz CT molecular complexity index is 976. The summed E-state index contributed by atoms with van der Waals surface area (Å²) >= 11 is 3.47. The van der Waals surface area contributed by atoms with Crippen molar-refractivity contribution >= 4 is 49.7 Å². The van der Waals surface area contributed by atoms with Crippen LogP contribution in [-0.4, -0.2) is 17.4 Å². The zero-order valence-electron chi connectivity index (χ0n) is 15.0. The van der Waals surface area contributed by atoms with Crippen molar-refractivity contribution in [3.63, 3.8) is 0 Å². The maximum Gasteiger partial charge on any atom is 0.151 e. The number of nitrogen functional groups attached to an aromatic ring is 1. The number of halogens is 1. The number of unbranched alkanes of at least 4 members (excludes halogenated alkanes) is 1. The summed E-state index contributed by atoms with van der Waals surface area (Å²) in [4.78, 5) is 4.19. The maximum atomic E-state index is 8.06. The van der Waals surface area contributed by atoms with Gasteiger partial charge < -0.3 is 11.1 Å². The van der Waals surface area contributed by atoms with Gasteiger partial charge in [-0.1, -0.05) is 35.3 Å². The third-order valence-corrected chi connectivity index (χ3v) is 4.60. The second kappa shape index (κ2) is 8.73. The molecule has 4 N–H and O–H groups in total. The third-order valence-electron chi connectivity index (χ3n) is 4.11. The maximum absolute atomic E-state index is 8.06. The van der Waals surface area contributed by atoms with Crippen LogP contribution in [0.25, 0.3) is 10.8 Å². The number of rotatable bonds is 6. The molecule has 6 nitrogen and oxygen atoms in total. The van der Waals surface area contributed by atoms with Crippen molar-refractivity contribution in [2.75, 3.05) is 12.3 Å². The quantitative estimate of drug-likeness (QED) is 0.204. The molecule has 1 aromatic heterocycles. The average Bonchev–Trinajstić information content (AvgIpc) is 2.67. The van der Waals surface area contributed by atoms with Crippen LogP contribution in [0.5, 0.6) is 0 Å². The van der Waals surface area contributed by atoms with E-state index in [0.717, 1.165) is 40.2 Å². The van der Waals surface area contributed by atoms with E-state index in [2.05, 4.69) is 43.4 Å². The Morgan fingerprint density at radius 2 is 1.96 bits per heavy atom. The number of fused-ring (bicyclic) bond motifs is 1. The standard InChI is InChI=1S/C20H21BrN6/c1-2-3-10-24-19(22)13-5-8-16(9-6-13)26-27-18-17-11-15(21)7-4-14(17)12-25-20(18)23/h4-9,11-12H,2-3,10H2,1H3,(H2,22,24)(H2,23,25)/b27-26+. The molecule has 0 atom stereocenters. The predicted molar refractivity (Wildman–Crippen MR) is 114 cm³/mol. The smallest absolute Gasteiger partial charge is 0.151 e. The topological polar surface area (TPSA) is 99.5 Å². The number of benzene rings is 2. The summed E-state index contributed by atoms with van der Waals surface area (Å²) in [6.07, 6.45) is 3.87. The van der Waals surface area contributed by atoms with E-state index in [1.807, 2.05) is 42.5 Å². The molecule has 0 spiro atoms. The van der Waals surface area contributed by atoms with Crippen molar-refractivity contribution < 1.29 is 0 Å². The van der Waals surface area contributed by atoms with Gasteiger partial charge in [-0.25, -0.2) is 4.98 Å². The Labute approximate surface area is 166 Å². The summed E-state index contributed by atoms with van der Waals surface area (Å²) < 4.78 is 0.940. The first kappa shape index (κ1) is 19.0. The minimum Gasteiger partial charge on any atom is -0.382 e. The van der Waals surface area contributed by atoms with Gasteiger partial charge >= 0.3 is 0 Å². The molecule has 2 aromatic carbocycles. The SMILES string of the molecule is CCCCNC(=N)c1ccc(/N=N/c2c(N)ncc3ccc(Br)cc23)cc1. The highest BCUT2D eigenvalue weighted by molar-refractivity contribution is 9.10. The number of azo groups is 1. The van der Waals surface area contributed by atoms with Crippen LogP contribution in [0, 0.1) is 5.41 Å². The number of anilines is 1. The molecule has 138 valence electrons. The van der Waals surface area contributed by atoms with Crippen LogP contribution in [0.15, 0.2) is 63.4 Å². The van der Waals surface area contributed by atoms with Crippen molar-refractivity contribution in [2.45, 2.75) is 19.8 Å². The summed E-state index contributed by atoms with van der Waals surface area (Å²) in [5.74, 6) is 0.752. The lowest BCUT2D eigenvalue weighted by Crippen LogP contribution is -2.24. The Kier molecular flexibility index (Phi) is 6.13. The van der Waals surface area contributed by atoms with E-state index in [0.29, 0.717) is 23.0 Å². The molecule has 0 bridgehead atoms. The van der Waals surface area contributed by atoms with Crippen LogP contribution < -0.4 is 11.1 Å². The molecule has 0 amide bonds.